The number of carboxylic acid groups (broad SMARTS) is 1. The Bertz CT molecular complexity index is 1530. The van der Waals surface area contributed by atoms with Crippen LogP contribution in [-0.4, -0.2) is 99.2 Å². The molecule has 1 saturated carbocycles. The van der Waals surface area contributed by atoms with Crippen LogP contribution in [0.4, 0.5) is 13.2 Å². The van der Waals surface area contributed by atoms with Gasteiger partial charge in [-0.1, -0.05) is 27.7 Å². The van der Waals surface area contributed by atoms with Gasteiger partial charge in [0, 0.05) is 69.0 Å². The van der Waals surface area contributed by atoms with Crippen LogP contribution >= 0.6 is 19.9 Å². The van der Waals surface area contributed by atoms with E-state index in [0.717, 1.165) is 52.0 Å². The summed E-state index contributed by atoms with van der Waals surface area (Å²) in [5, 5.41) is 17.1. The van der Waals surface area contributed by atoms with Gasteiger partial charge in [0.25, 0.3) is 5.91 Å². The molecule has 0 saturated heterocycles. The highest BCUT2D eigenvalue weighted by Crippen LogP contribution is 2.35. The van der Waals surface area contributed by atoms with E-state index in [9.17, 15) is 42.3 Å². The molecule has 1 aliphatic carbocycles. The molecule has 1 aliphatic rings. The summed E-state index contributed by atoms with van der Waals surface area (Å²) in [6.45, 7) is 10.8. The summed E-state index contributed by atoms with van der Waals surface area (Å²) < 4.78 is 44.3. The van der Waals surface area contributed by atoms with Crippen molar-refractivity contribution in [2.24, 2.45) is 23.5 Å². The Kier molecular flexibility index (Phi) is 19.4. The number of hydrogen-bond acceptors (Lipinski definition) is 11. The van der Waals surface area contributed by atoms with Crippen LogP contribution in [0.2, 0.25) is 0 Å². The van der Waals surface area contributed by atoms with Crippen LogP contribution in [0.25, 0.3) is 0 Å². The summed E-state index contributed by atoms with van der Waals surface area (Å²) in [5.74, 6) is -3.30. The van der Waals surface area contributed by atoms with Gasteiger partial charge >= 0.3 is 18.1 Å². The molecule has 3 amide bonds. The van der Waals surface area contributed by atoms with Crippen molar-refractivity contribution >= 4 is 49.6 Å². The molecule has 0 aliphatic heterocycles. The van der Waals surface area contributed by atoms with E-state index >= 15 is 0 Å². The average Bonchev–Trinajstić information content (AvgIpc) is 3.82. The number of ether oxygens (including phenoxy) is 1. The van der Waals surface area contributed by atoms with Gasteiger partial charge in [-0.15, -0.1) is 19.9 Å². The number of aromatic nitrogens is 3. The first-order valence-corrected chi connectivity index (χ1v) is 20.1. The molecule has 14 nitrogen and oxygen atoms in total. The van der Waals surface area contributed by atoms with Crippen molar-refractivity contribution in [2.75, 3.05) is 32.5 Å². The lowest BCUT2D eigenvalue weighted by atomic mass is 9.96. The fourth-order valence-electron chi connectivity index (χ4n) is 5.32. The predicted molar refractivity (Wildman–Crippen MR) is 199 cm³/mol. The Morgan fingerprint density at radius 3 is 2.28 bits per heavy atom. The van der Waals surface area contributed by atoms with E-state index in [4.69, 9.17) is 10.5 Å². The molecule has 5 N–H and O–H groups in total. The molecule has 19 heteroatoms. The smallest absolute Gasteiger partial charge is 0.419 e. The molecule has 5 unspecified atom stereocenters. The molecule has 0 aromatic carbocycles. The summed E-state index contributed by atoms with van der Waals surface area (Å²) in [5.41, 5.74) is 3.94. The lowest BCUT2D eigenvalue weighted by molar-refractivity contribution is -0.148. The van der Waals surface area contributed by atoms with Crippen molar-refractivity contribution in [1.29, 1.82) is 0 Å². The first-order chi connectivity index (χ1) is 25.3. The average molecular weight is 804 g/mol. The van der Waals surface area contributed by atoms with Crippen molar-refractivity contribution in [3.63, 3.8) is 0 Å². The number of hydrogen-bond donors (Lipinski definition) is 4. The van der Waals surface area contributed by atoms with Gasteiger partial charge in [0.05, 0.1) is 11.5 Å². The van der Waals surface area contributed by atoms with Gasteiger partial charge < -0.3 is 31.1 Å². The maximum absolute atomic E-state index is 13.2. The number of nitrogens with one attached hydrogen (secondary N) is 2. The van der Waals surface area contributed by atoms with Crippen molar-refractivity contribution in [3.05, 3.63) is 39.9 Å². The van der Waals surface area contributed by atoms with Gasteiger partial charge in [-0.05, 0) is 50.6 Å². The third-order valence-electron chi connectivity index (χ3n) is 8.47. The predicted octanol–water partition coefficient (Wildman–Crippen LogP) is 4.44. The van der Waals surface area contributed by atoms with Crippen LogP contribution in [0.3, 0.4) is 0 Å². The lowest BCUT2D eigenvalue weighted by Crippen LogP contribution is -2.42. The molecule has 3 rings (SSSR count). The number of aliphatic carboxylic acids is 1. The number of thiazole rings is 1. The first-order valence-electron chi connectivity index (χ1n) is 17.8. The van der Waals surface area contributed by atoms with E-state index in [2.05, 4.69) is 32.5 Å². The second-order valence-electron chi connectivity index (χ2n) is 13.5. The number of carboxylic acids is 1. The minimum atomic E-state index is -4.62. The Morgan fingerprint density at radius 1 is 1.11 bits per heavy atom. The number of nitrogens with zero attached hydrogens (tertiary/aromatic N) is 4. The fraction of sp³-hybridized carbons (Fsp3) is 0.657. The molecule has 0 spiro atoms. The Labute approximate surface area is 319 Å². The van der Waals surface area contributed by atoms with Crippen LogP contribution in [0.5, 0.6) is 0 Å². The van der Waals surface area contributed by atoms with Gasteiger partial charge in [-0.25, -0.2) is 15.0 Å². The van der Waals surface area contributed by atoms with Gasteiger partial charge in [-0.2, -0.15) is 13.2 Å². The fourth-order valence-corrected chi connectivity index (χ4v) is 7.18. The maximum atomic E-state index is 13.2. The van der Waals surface area contributed by atoms with Gasteiger partial charge in [0.2, 0.25) is 11.8 Å². The van der Waals surface area contributed by atoms with Crippen LogP contribution < -0.4 is 16.4 Å². The summed E-state index contributed by atoms with van der Waals surface area (Å²) >= 11 is 1.10. The molecule has 302 valence electrons. The molecule has 2 aromatic heterocycles. The molecule has 5 atom stereocenters. The summed E-state index contributed by atoms with van der Waals surface area (Å²) in [7, 11) is 2.60. The number of amides is 3. The molecular weight excluding hydrogens is 750 g/mol. The molecule has 2 aromatic rings. The minimum Gasteiger partial charge on any atom is -0.481 e. The van der Waals surface area contributed by atoms with Crippen LogP contribution in [-0.2, 0) is 36.5 Å². The molecule has 0 radical (unpaired) electrons. The van der Waals surface area contributed by atoms with Crippen LogP contribution in [0.15, 0.2) is 17.8 Å². The topological polar surface area (TPSA) is 207 Å². The van der Waals surface area contributed by atoms with Crippen molar-refractivity contribution in [1.82, 2.24) is 30.5 Å². The molecule has 54 heavy (non-hydrogen) atoms. The summed E-state index contributed by atoms with van der Waals surface area (Å²) in [6.07, 6.45) is 0.294. The molecule has 0 bridgehead atoms. The monoisotopic (exact) mass is 803 g/mol. The molecule has 1 fully saturated rings. The molecule has 2 heterocycles. The van der Waals surface area contributed by atoms with Crippen LogP contribution in [0.1, 0.15) is 99.7 Å². The lowest BCUT2D eigenvalue weighted by Gasteiger charge is -2.33. The number of alkyl halides is 3. The third-order valence-corrected chi connectivity index (χ3v) is 10.6. The third kappa shape index (κ3) is 16.7. The highest BCUT2D eigenvalue weighted by molar-refractivity contribution is 7.38. The molecular formula is C35H53F3N7O7PS. The largest absolute Gasteiger partial charge is 0.481 e. The number of carbonyl (C=O) groups is 5. The van der Waals surface area contributed by atoms with Gasteiger partial charge in [0.15, 0.2) is 6.10 Å². The zero-order valence-corrected chi connectivity index (χ0v) is 33.4. The van der Waals surface area contributed by atoms with E-state index < -0.39 is 47.6 Å². The number of nitrogens with two attached hydrogens (primary N) is 1. The maximum Gasteiger partial charge on any atom is 0.419 e. The number of primary amides is 1. The zero-order chi connectivity index (χ0) is 40.6. The normalized spacial score (nSPS) is 15.1. The van der Waals surface area contributed by atoms with E-state index in [-0.39, 0.29) is 60.5 Å². The Morgan fingerprint density at radius 2 is 1.76 bits per heavy atom. The highest BCUT2D eigenvalue weighted by Gasteiger charge is 2.37. The highest BCUT2D eigenvalue weighted by atomic mass is 32.1. The summed E-state index contributed by atoms with van der Waals surface area (Å²) in [6, 6.07) is -1.10. The number of carbonyl (C=O) groups excluding carboxylic acids is 4. The number of esters is 1. The van der Waals surface area contributed by atoms with E-state index in [1.165, 1.54) is 25.4 Å². The first kappa shape index (κ1) is 46.4. The van der Waals surface area contributed by atoms with Gasteiger partial charge in [0.1, 0.15) is 16.5 Å². The van der Waals surface area contributed by atoms with E-state index in [1.54, 1.807) is 11.9 Å². The summed E-state index contributed by atoms with van der Waals surface area (Å²) in [4.78, 5) is 73.2. The van der Waals surface area contributed by atoms with Crippen molar-refractivity contribution < 1.29 is 47.0 Å². The van der Waals surface area contributed by atoms with E-state index in [0.29, 0.717) is 23.8 Å². The van der Waals surface area contributed by atoms with Crippen LogP contribution in [0, 0.1) is 17.8 Å². The Balaban J connectivity index is 0.000000793. The quantitative estimate of drug-likeness (QED) is 0.0789. The number of halogens is 3. The van der Waals surface area contributed by atoms with E-state index in [1.807, 2.05) is 13.8 Å². The second-order valence-corrected chi connectivity index (χ2v) is 15.9. The zero-order valence-electron chi connectivity index (χ0n) is 31.6. The van der Waals surface area contributed by atoms with Crippen molar-refractivity contribution in [2.45, 2.75) is 97.5 Å². The second kappa shape index (κ2) is 22.6. The Hall–Kier alpha value is -3.76. The number of rotatable bonds is 21. The standard InChI is InChI=1S/C28H36F3N5O6S.C7H17N2OP/c1-14(2)21(36(5)26(39)17-6-7-17)10-22(42-16(4)37)25-35-20(13-43-25)24(38)34-19(8-15(3)27(40)41)9-23-32-11-18(12-33-23)28(29,30)31;1-2-9-4-6-11-5-3-7(8)10/h11-15,17,19,21-22H,6-10H2,1-5H3,(H,34,38)(H,40,41);9,11H,2-6H2,1H3,(H2,8,10). The van der Waals surface area contributed by atoms with Gasteiger partial charge in [-0.3, -0.25) is 24.0 Å². The minimum absolute atomic E-state index is 0.00521. The van der Waals surface area contributed by atoms with Crippen molar-refractivity contribution in [3.8, 4) is 0 Å². The SMILES string of the molecule is CC(=O)OC(CC(C(C)C)N(C)C(=O)C1CC1)c1nc(C(=O)NC(Cc2ncc(C(F)(F)F)cn2)CC(C)C(=O)O)cs1.CCNCCPCCC(N)=O.